The van der Waals surface area contributed by atoms with Gasteiger partial charge in [0.15, 0.2) is 29.7 Å². The van der Waals surface area contributed by atoms with E-state index in [4.69, 9.17) is 28.4 Å². The van der Waals surface area contributed by atoms with Crippen LogP contribution in [0.5, 0.6) is 17.2 Å². The number of ether oxygens (including phenoxy) is 6. The molecule has 1 fully saturated rings. The molecule has 4 aromatic carbocycles. The summed E-state index contributed by atoms with van der Waals surface area (Å²) in [4.78, 5) is 130. The molecule has 2 N–H and O–H groups in total. The summed E-state index contributed by atoms with van der Waals surface area (Å²) in [5.41, 5.74) is -0.468. The fourth-order valence-electron chi connectivity index (χ4n) is 9.96. The van der Waals surface area contributed by atoms with Gasteiger partial charge >= 0.3 is 11.9 Å². The molecular weight excluding hydrogens is 1150 g/mol. The smallest absolute Gasteiger partial charge is 0.330 e. The number of fused-ring (bicyclic) bond motifs is 1. The van der Waals surface area contributed by atoms with E-state index in [1.165, 1.54) is 73.9 Å². The highest BCUT2D eigenvalue weighted by molar-refractivity contribution is 6.38. The van der Waals surface area contributed by atoms with Crippen molar-refractivity contribution in [1.29, 1.82) is 0 Å². The van der Waals surface area contributed by atoms with Crippen LogP contribution in [-0.4, -0.2) is 177 Å². The number of piperidine rings is 1. The Morgan fingerprint density at radius 2 is 1.47 bits per heavy atom. The molecule has 1 aliphatic rings. The number of carbonyl (C=O) groups excluding carboxylic acids is 9. The van der Waals surface area contributed by atoms with Gasteiger partial charge in [-0.1, -0.05) is 80.9 Å². The highest BCUT2D eigenvalue weighted by Crippen LogP contribution is 2.34. The number of amides is 6. The predicted molar refractivity (Wildman–Crippen MR) is 332 cm³/mol. The molecule has 0 radical (unpaired) electrons. The summed E-state index contributed by atoms with van der Waals surface area (Å²) in [7, 11) is 7.42. The van der Waals surface area contributed by atoms with Crippen molar-refractivity contribution in [3.05, 3.63) is 114 Å². The average Bonchev–Trinajstić information content (AvgIpc) is 2.68. The average molecular weight is 1240 g/mol. The summed E-state index contributed by atoms with van der Waals surface area (Å²) in [6.07, 6.45) is 2.65. The van der Waals surface area contributed by atoms with Crippen molar-refractivity contribution >= 4 is 63.9 Å². The lowest BCUT2D eigenvalue weighted by atomic mass is 9.87. The van der Waals surface area contributed by atoms with Crippen molar-refractivity contribution < 1.29 is 76.0 Å². The molecule has 1 aliphatic heterocycles. The Labute approximate surface area is 521 Å². The third kappa shape index (κ3) is 20.3. The maximum atomic E-state index is 16.0. The number of nitrogens with one attached hydrogen (secondary N) is 2. The summed E-state index contributed by atoms with van der Waals surface area (Å²) < 4.78 is 50.2. The molecule has 1 heterocycles. The van der Waals surface area contributed by atoms with E-state index >= 15 is 4.39 Å². The number of halogens is 1. The number of carbonyl (C=O) groups is 9. The number of nitrogens with zero attached hydrogens (tertiary/aromatic N) is 4. The van der Waals surface area contributed by atoms with Gasteiger partial charge in [0.25, 0.3) is 11.8 Å². The Hall–Kier alpha value is -8.40. The molecule has 0 bridgehead atoms. The van der Waals surface area contributed by atoms with Crippen LogP contribution >= 0.6 is 0 Å². The van der Waals surface area contributed by atoms with Crippen molar-refractivity contribution in [2.45, 2.75) is 142 Å². The largest absolute Gasteiger partial charge is 0.493 e. The highest BCUT2D eigenvalue weighted by Gasteiger charge is 2.43. The van der Waals surface area contributed by atoms with Crippen LogP contribution in [0, 0.1) is 11.2 Å². The highest BCUT2D eigenvalue weighted by atomic mass is 19.1. The van der Waals surface area contributed by atoms with Gasteiger partial charge in [0.2, 0.25) is 29.4 Å². The number of likely N-dealkylation sites (tertiary alicyclic amines) is 1. The van der Waals surface area contributed by atoms with Crippen LogP contribution in [-0.2, 0) is 70.2 Å². The molecule has 5 rings (SSSR count). The number of benzene rings is 4. The number of hydrogen-bond acceptors (Lipinski definition) is 15. The van der Waals surface area contributed by atoms with E-state index < -0.39 is 108 Å². The van der Waals surface area contributed by atoms with Gasteiger partial charge in [-0.05, 0) is 132 Å². The molecule has 0 aliphatic carbocycles. The second-order valence-corrected chi connectivity index (χ2v) is 23.8. The molecule has 484 valence electrons. The molecule has 1 saturated heterocycles. The summed E-state index contributed by atoms with van der Waals surface area (Å²) >= 11 is 0. The number of hydrogen-bond donors (Lipinski definition) is 2. The predicted octanol–water partition coefficient (Wildman–Crippen LogP) is 7.28. The van der Waals surface area contributed by atoms with Gasteiger partial charge in [-0.15, -0.1) is 0 Å². The molecule has 89 heavy (non-hydrogen) atoms. The molecule has 6 amide bonds. The van der Waals surface area contributed by atoms with Gasteiger partial charge in [-0.25, -0.2) is 14.0 Å². The summed E-state index contributed by atoms with van der Waals surface area (Å²) in [5, 5.41) is 7.40. The van der Waals surface area contributed by atoms with E-state index in [0.717, 1.165) is 28.5 Å². The SMILES string of the molecule is C=CC(=O)OCC(C)(C)C(=O)C(=O)N1CCCC[C@H]1C(=O)O[C@H](CCc1ccc(OC)c(OC)c1)c1ccc(F)c(OCC(=O)N(C)[C@@H](CCCC)C(=O)N[C@@H](Cc2ccc3ccccc3c2)C(=O)N(C)[C@@H](COC(C)(C)C)C(=O)NCC(=O)N(C)CC)c1. The van der Waals surface area contributed by atoms with Crippen LogP contribution in [0.2, 0.25) is 0 Å². The number of aryl methyl sites for hydroxylation is 1. The minimum atomic E-state index is -1.45. The lowest BCUT2D eigenvalue weighted by molar-refractivity contribution is -0.165. The summed E-state index contributed by atoms with van der Waals surface area (Å²) in [6, 6.07) is 17.5. The van der Waals surface area contributed by atoms with Gasteiger partial charge in [0, 0.05) is 46.7 Å². The van der Waals surface area contributed by atoms with Gasteiger partial charge in [-0.2, -0.15) is 0 Å². The van der Waals surface area contributed by atoms with Crippen LogP contribution in [0.3, 0.4) is 0 Å². The van der Waals surface area contributed by atoms with Crippen molar-refractivity contribution in [1.82, 2.24) is 30.2 Å². The van der Waals surface area contributed by atoms with Crippen molar-refractivity contribution in [2.24, 2.45) is 5.41 Å². The Balaban J connectivity index is 1.42. The third-order valence-corrected chi connectivity index (χ3v) is 15.6. The molecule has 0 saturated carbocycles. The monoisotopic (exact) mass is 1240 g/mol. The quantitative estimate of drug-likeness (QED) is 0.0277. The zero-order chi connectivity index (χ0) is 65.8. The Morgan fingerprint density at radius 3 is 2.13 bits per heavy atom. The number of methoxy groups -OCH3 is 2. The number of ketones is 1. The minimum absolute atomic E-state index is 0.0267. The maximum Gasteiger partial charge on any atom is 0.330 e. The Bertz CT molecular complexity index is 3160. The molecule has 21 nitrogen and oxygen atoms in total. The molecular formula is C67H89FN6O15. The van der Waals surface area contributed by atoms with Gasteiger partial charge in [-0.3, -0.25) is 33.6 Å². The number of Topliss-reactive ketones (excluding diaryl/α,β-unsaturated/α-hetero) is 1. The van der Waals surface area contributed by atoms with E-state index in [9.17, 15) is 43.2 Å². The number of esters is 2. The van der Waals surface area contributed by atoms with Gasteiger partial charge in [0.05, 0.1) is 38.4 Å². The number of unbranched alkanes of at least 4 members (excludes halogenated alkanes) is 1. The first-order valence-electron chi connectivity index (χ1n) is 30.1. The second-order valence-electron chi connectivity index (χ2n) is 23.8. The molecule has 0 unspecified atom stereocenters. The topological polar surface area (TPSA) is 246 Å². The molecule has 22 heteroatoms. The van der Waals surface area contributed by atoms with E-state index in [1.54, 1.807) is 52.9 Å². The fourth-order valence-corrected chi connectivity index (χ4v) is 9.96. The molecule has 0 aromatic heterocycles. The lowest BCUT2D eigenvalue weighted by Gasteiger charge is -2.36. The Morgan fingerprint density at radius 1 is 0.775 bits per heavy atom. The van der Waals surface area contributed by atoms with Gasteiger partial charge < -0.3 is 58.7 Å². The van der Waals surface area contributed by atoms with Crippen molar-refractivity contribution in [2.75, 3.05) is 74.8 Å². The first-order valence-corrected chi connectivity index (χ1v) is 30.1. The molecule has 0 spiro atoms. The minimum Gasteiger partial charge on any atom is -0.493 e. The van der Waals surface area contributed by atoms with Crippen LogP contribution in [0.4, 0.5) is 4.39 Å². The second kappa shape index (κ2) is 33.3. The van der Waals surface area contributed by atoms with E-state index in [1.807, 2.05) is 49.4 Å². The Kier molecular flexibility index (Phi) is 26.7. The van der Waals surface area contributed by atoms with Crippen LogP contribution in [0.25, 0.3) is 10.8 Å². The first kappa shape index (κ1) is 71.4. The maximum absolute atomic E-state index is 16.0. The standard InChI is InChI=1S/C67H89FN6O15/c1-14-17-24-50(62(80)70-49(36-44-26-29-45-22-18-19-23-46(45)35-44)63(81)73(11)52(40-88-66(4,5)6)61(79)69-39-57(75)71(9)16-3)72(10)58(76)41-86-55-38-47(30-31-48(55)68)53(32-27-43-28-33-54(84-12)56(37-43)85-13)89-65(83)51-25-20-21-34-74(51)64(82)60(78)67(7,8)42-87-59(77)15-2/h15,18-19,22-23,26,28-31,33,35,37-38,49-53H,2,14,16-17,20-21,24-25,27,32,34,36,39-42H2,1,3-13H3,(H,69,79)(H,70,80)/t49-,50-,51-,52-,53+/m0/s1. The van der Waals surface area contributed by atoms with Crippen LogP contribution in [0.15, 0.2) is 91.5 Å². The molecule has 4 aromatic rings. The first-order chi connectivity index (χ1) is 42.2. The number of rotatable bonds is 32. The molecule has 5 atom stereocenters. The summed E-state index contributed by atoms with van der Waals surface area (Å²) in [5.74, 6) is -6.80. The van der Waals surface area contributed by atoms with Crippen molar-refractivity contribution in [3.8, 4) is 17.2 Å². The van der Waals surface area contributed by atoms with E-state index in [-0.39, 0.29) is 69.0 Å². The third-order valence-electron chi connectivity index (χ3n) is 15.6. The zero-order valence-electron chi connectivity index (χ0n) is 53.6. The van der Waals surface area contributed by atoms with Crippen LogP contribution in [0.1, 0.15) is 116 Å². The van der Waals surface area contributed by atoms with Gasteiger partial charge in [0.1, 0.15) is 36.9 Å². The normalized spacial score (nSPS) is 14.6. The zero-order valence-corrected chi connectivity index (χ0v) is 53.6. The van der Waals surface area contributed by atoms with E-state index in [2.05, 4.69) is 17.2 Å². The van der Waals surface area contributed by atoms with E-state index in [0.29, 0.717) is 49.3 Å². The lowest BCUT2D eigenvalue weighted by Crippen LogP contribution is -2.59. The van der Waals surface area contributed by atoms with Crippen molar-refractivity contribution in [3.63, 3.8) is 0 Å². The fraction of sp³-hybridized carbons (Fsp3) is 0.507. The van der Waals surface area contributed by atoms with Crippen LogP contribution < -0.4 is 24.8 Å². The summed E-state index contributed by atoms with van der Waals surface area (Å²) in [6.45, 7) is 14.1. The number of likely N-dealkylation sites (N-methyl/N-ethyl adjacent to an activating group) is 3.